The summed E-state index contributed by atoms with van der Waals surface area (Å²) in [5.74, 6) is 1.08. The normalized spacial score (nSPS) is 13.9. The van der Waals surface area contributed by atoms with Crippen molar-refractivity contribution in [1.82, 2.24) is 9.80 Å². The molecule has 1 saturated heterocycles. The van der Waals surface area contributed by atoms with Crippen molar-refractivity contribution in [3.63, 3.8) is 0 Å². The number of rotatable bonds is 0. The fourth-order valence-corrected chi connectivity index (χ4v) is 3.83. The average molecular weight is 615 g/mol. The number of fused-ring (bicyclic) bond motifs is 2. The average Bonchev–Trinajstić information content (AvgIpc) is 3.05. The molecule has 0 aliphatic carbocycles. The molecule has 1 aromatic heterocycles. The molecule has 0 unspecified atom stereocenters. The van der Waals surface area contributed by atoms with E-state index < -0.39 is 0 Å². The first-order valence-electron chi connectivity index (χ1n) is 10.6. The van der Waals surface area contributed by atoms with Gasteiger partial charge in [0.1, 0.15) is 5.84 Å². The summed E-state index contributed by atoms with van der Waals surface area (Å²) in [5, 5.41) is 5.93. The van der Waals surface area contributed by atoms with E-state index in [1.54, 1.807) is 11.3 Å². The van der Waals surface area contributed by atoms with Crippen LogP contribution in [0.15, 0.2) is 35.3 Å². The Kier molecular flexibility index (Phi) is 17.2. The number of hydrogen-bond acceptors (Lipinski definition) is 4. The summed E-state index contributed by atoms with van der Waals surface area (Å²) in [4.78, 5) is 11.0. The summed E-state index contributed by atoms with van der Waals surface area (Å²) in [6.45, 7) is 18.3. The van der Waals surface area contributed by atoms with Crippen LogP contribution < -0.4 is 0 Å². The molecule has 0 N–H and O–H groups in total. The van der Waals surface area contributed by atoms with Gasteiger partial charge in [-0.1, -0.05) is 72.2 Å². The second-order valence-electron chi connectivity index (χ2n) is 5.90. The largest absolute Gasteiger partial charge is 1.00 e. The number of amidine groups is 1. The van der Waals surface area contributed by atoms with Crippen LogP contribution in [0, 0.1) is 6.92 Å². The second-order valence-corrected chi connectivity index (χ2v) is 7.14. The van der Waals surface area contributed by atoms with E-state index in [0.29, 0.717) is 0 Å². The van der Waals surface area contributed by atoms with Gasteiger partial charge in [0.05, 0.1) is 5.69 Å². The number of aryl methyl sites for hydroxylation is 1. The summed E-state index contributed by atoms with van der Waals surface area (Å²) < 4.78 is 0. The number of thiophene rings is 1. The Morgan fingerprint density at radius 2 is 1.50 bits per heavy atom. The van der Waals surface area contributed by atoms with Crippen molar-refractivity contribution >= 4 is 33.5 Å². The molecule has 1 aromatic carbocycles. The minimum Gasteiger partial charge on any atom is -0.647 e. The van der Waals surface area contributed by atoms with Gasteiger partial charge in [0.25, 0.3) is 0 Å². The standard InChI is InChI=1S/C17H19N4S.3C2H6.CH4.Au/c1-12-11-13-16(21-9-7-20(2)8-10-21)18-14-5-3-4-6-15(14)19-17(13)22-12;3*1-2;;/h3-6,11H,7-10H2,1-2H3;3*1-2H3;1H4;/q-1;;;;;+1. The second kappa shape index (κ2) is 16.6. The third-order valence-corrected chi connectivity index (χ3v) is 5.15. The van der Waals surface area contributed by atoms with Crippen molar-refractivity contribution in [3.8, 4) is 0 Å². The third-order valence-electron chi connectivity index (χ3n) is 4.21. The van der Waals surface area contributed by atoms with Crippen molar-refractivity contribution in [1.29, 1.82) is 0 Å². The van der Waals surface area contributed by atoms with E-state index in [1.165, 1.54) is 10.4 Å². The van der Waals surface area contributed by atoms with Crippen LogP contribution in [0.3, 0.4) is 0 Å². The molecule has 0 spiro atoms. The van der Waals surface area contributed by atoms with E-state index in [-0.39, 0.29) is 29.8 Å². The zero-order valence-electron chi connectivity index (χ0n) is 19.2. The summed E-state index contributed by atoms with van der Waals surface area (Å²) >= 11 is 1.75. The molecule has 3 heterocycles. The maximum atomic E-state index is 4.98. The number of likely N-dealkylation sites (N-methyl/N-ethyl adjacent to an activating group) is 1. The van der Waals surface area contributed by atoms with Gasteiger partial charge in [-0.3, -0.25) is 0 Å². The Hall–Kier alpha value is -1.11. The van der Waals surface area contributed by atoms with Crippen LogP contribution in [-0.4, -0.2) is 48.9 Å². The molecule has 2 aliphatic rings. The quantitative estimate of drug-likeness (QED) is 0.285. The van der Waals surface area contributed by atoms with Crippen LogP contribution in [0.5, 0.6) is 0 Å². The maximum Gasteiger partial charge on any atom is 1.00 e. The zero-order valence-corrected chi connectivity index (χ0v) is 22.2. The summed E-state index contributed by atoms with van der Waals surface area (Å²) in [5.41, 5.74) is 3.12. The predicted octanol–water partition coefficient (Wildman–Crippen LogP) is 7.74. The van der Waals surface area contributed by atoms with Crippen molar-refractivity contribution in [3.05, 3.63) is 46.1 Å². The van der Waals surface area contributed by atoms with Crippen molar-refractivity contribution in [2.45, 2.75) is 55.9 Å². The number of aliphatic imine (C=N–C) groups is 1. The first-order valence-corrected chi connectivity index (χ1v) is 11.5. The van der Waals surface area contributed by atoms with E-state index in [2.05, 4.69) is 35.9 Å². The maximum absolute atomic E-state index is 4.98. The Balaban J connectivity index is 0. The molecule has 30 heavy (non-hydrogen) atoms. The molecule has 4 rings (SSSR count). The summed E-state index contributed by atoms with van der Waals surface area (Å²) in [6.07, 6.45) is 0. The van der Waals surface area contributed by atoms with Gasteiger partial charge in [-0.05, 0) is 26.1 Å². The minimum absolute atomic E-state index is 0. The molecular weight excluding hydrogens is 573 g/mol. The number of nitrogens with zero attached hydrogens (tertiary/aromatic N) is 4. The topological polar surface area (TPSA) is 32.9 Å². The van der Waals surface area contributed by atoms with E-state index in [1.807, 2.05) is 59.7 Å². The molecular formula is C24H41AuN4S. The van der Waals surface area contributed by atoms with Crippen LogP contribution in [0.4, 0.5) is 16.4 Å². The first kappa shape index (κ1) is 31.1. The van der Waals surface area contributed by atoms with Crippen LogP contribution in [0.25, 0.3) is 5.32 Å². The first-order chi connectivity index (χ1) is 13.7. The number of para-hydroxylation sites is 2. The number of hydrogen-bond donors (Lipinski definition) is 0. The SMILES string of the molecule is C.CC.CC.CC.Cc1cc2c(s1)[N-]c1ccccc1N=C2N1CCN(C)CC1.[Au+]. The predicted molar refractivity (Wildman–Crippen MR) is 134 cm³/mol. The molecule has 0 amide bonds. The van der Waals surface area contributed by atoms with E-state index in [0.717, 1.165) is 48.4 Å². The van der Waals surface area contributed by atoms with Crippen LogP contribution in [-0.2, 0) is 22.4 Å². The van der Waals surface area contributed by atoms with Crippen LogP contribution >= 0.6 is 11.3 Å². The molecule has 4 nitrogen and oxygen atoms in total. The molecule has 0 atom stereocenters. The Bertz CT molecular complexity index is 735. The number of benzene rings is 1. The fourth-order valence-electron chi connectivity index (χ4n) is 2.94. The van der Waals surface area contributed by atoms with Gasteiger partial charge in [0.15, 0.2) is 0 Å². The molecule has 0 radical (unpaired) electrons. The Labute approximate surface area is 205 Å². The zero-order chi connectivity index (χ0) is 21.1. The molecule has 1 fully saturated rings. The van der Waals surface area contributed by atoms with Gasteiger partial charge in [-0.25, -0.2) is 4.99 Å². The molecule has 6 heteroatoms. The van der Waals surface area contributed by atoms with Gasteiger partial charge in [0, 0.05) is 36.6 Å². The van der Waals surface area contributed by atoms with Crippen LogP contribution in [0.1, 0.15) is 59.4 Å². The number of piperazine rings is 1. The Morgan fingerprint density at radius 3 is 2.10 bits per heavy atom. The Morgan fingerprint density at radius 1 is 0.933 bits per heavy atom. The molecule has 2 aromatic rings. The van der Waals surface area contributed by atoms with Gasteiger partial charge in [-0.15, -0.1) is 5.69 Å². The van der Waals surface area contributed by atoms with E-state index >= 15 is 0 Å². The van der Waals surface area contributed by atoms with Gasteiger partial charge in [-0.2, -0.15) is 11.3 Å². The molecule has 174 valence electrons. The third kappa shape index (κ3) is 7.86. The minimum atomic E-state index is 0. The van der Waals surface area contributed by atoms with E-state index in [4.69, 9.17) is 10.3 Å². The van der Waals surface area contributed by atoms with E-state index in [9.17, 15) is 0 Å². The van der Waals surface area contributed by atoms with Gasteiger partial charge >= 0.3 is 22.4 Å². The molecule has 2 aliphatic heterocycles. The van der Waals surface area contributed by atoms with Gasteiger partial charge in [0.2, 0.25) is 0 Å². The summed E-state index contributed by atoms with van der Waals surface area (Å²) in [6, 6.07) is 10.4. The fraction of sp³-hybridized carbons (Fsp3) is 0.542. The molecule has 0 bridgehead atoms. The molecule has 0 saturated carbocycles. The summed E-state index contributed by atoms with van der Waals surface area (Å²) in [7, 11) is 2.18. The van der Waals surface area contributed by atoms with Crippen LogP contribution in [0.2, 0.25) is 0 Å². The van der Waals surface area contributed by atoms with Gasteiger partial charge < -0.3 is 15.1 Å². The van der Waals surface area contributed by atoms with Crippen molar-refractivity contribution in [2.75, 3.05) is 33.2 Å². The van der Waals surface area contributed by atoms with Crippen molar-refractivity contribution < 1.29 is 22.4 Å². The smallest absolute Gasteiger partial charge is 0.647 e. The van der Waals surface area contributed by atoms with Crippen molar-refractivity contribution in [2.24, 2.45) is 4.99 Å². The monoisotopic (exact) mass is 614 g/mol.